The van der Waals surface area contributed by atoms with Crippen molar-refractivity contribution in [1.82, 2.24) is 0 Å². The smallest absolute Gasteiger partial charge is 0.307 e. The average Bonchev–Trinajstić information content (AvgIpc) is 2.45. The minimum absolute atomic E-state index is 0.178. The van der Waals surface area contributed by atoms with Crippen LogP contribution in [0, 0.1) is 11.3 Å². The van der Waals surface area contributed by atoms with Crippen molar-refractivity contribution in [3.8, 4) is 0 Å². The van der Waals surface area contributed by atoms with Gasteiger partial charge in [-0.1, -0.05) is 13.8 Å². The third-order valence-corrected chi connectivity index (χ3v) is 4.10. The quantitative estimate of drug-likeness (QED) is 0.617. The number of nitrogens with one attached hydrogen (secondary N) is 1. The number of ketones is 1. The van der Waals surface area contributed by atoms with Crippen LogP contribution in [0.15, 0.2) is 24.3 Å². The SMILES string of the molecule is CCOC(=O)CCNc1ccc(C(=O)C2CC(C)(C)C2)cc1. The van der Waals surface area contributed by atoms with Gasteiger partial charge in [0.25, 0.3) is 0 Å². The third kappa shape index (κ3) is 4.33. The zero-order valence-corrected chi connectivity index (χ0v) is 13.6. The van der Waals surface area contributed by atoms with Crippen molar-refractivity contribution in [2.45, 2.75) is 40.0 Å². The van der Waals surface area contributed by atoms with Gasteiger partial charge in [-0.3, -0.25) is 9.59 Å². The minimum atomic E-state index is -0.200. The molecule has 0 unspecified atom stereocenters. The lowest BCUT2D eigenvalue weighted by molar-refractivity contribution is -0.142. The fourth-order valence-electron chi connectivity index (χ4n) is 2.99. The predicted octanol–water partition coefficient (Wildman–Crippen LogP) is 3.67. The molecule has 120 valence electrons. The highest BCUT2D eigenvalue weighted by Gasteiger charge is 2.40. The lowest BCUT2D eigenvalue weighted by atomic mass is 9.62. The standard InChI is InChI=1S/C18H25NO3/c1-4-22-16(20)9-10-19-15-7-5-13(6-8-15)17(21)14-11-18(2,3)12-14/h5-8,14,19H,4,9-12H2,1-3H3. The second-order valence-electron chi connectivity index (χ2n) is 6.69. The van der Waals surface area contributed by atoms with Crippen molar-refractivity contribution >= 4 is 17.4 Å². The molecule has 0 aliphatic heterocycles. The van der Waals surface area contributed by atoms with Crippen LogP contribution in [0.5, 0.6) is 0 Å². The maximum Gasteiger partial charge on any atom is 0.307 e. The van der Waals surface area contributed by atoms with E-state index in [1.54, 1.807) is 6.92 Å². The van der Waals surface area contributed by atoms with Crippen molar-refractivity contribution < 1.29 is 14.3 Å². The van der Waals surface area contributed by atoms with Crippen LogP contribution >= 0.6 is 0 Å². The Morgan fingerprint density at radius 3 is 2.41 bits per heavy atom. The summed E-state index contributed by atoms with van der Waals surface area (Å²) in [7, 11) is 0. The Morgan fingerprint density at radius 2 is 1.86 bits per heavy atom. The lowest BCUT2D eigenvalue weighted by Crippen LogP contribution is -2.36. The number of carbonyl (C=O) groups is 2. The number of carbonyl (C=O) groups excluding carboxylic acids is 2. The van der Waals surface area contributed by atoms with Crippen LogP contribution in [0.1, 0.15) is 50.4 Å². The van der Waals surface area contributed by atoms with E-state index in [1.165, 1.54) is 0 Å². The van der Waals surface area contributed by atoms with E-state index < -0.39 is 0 Å². The van der Waals surface area contributed by atoms with Gasteiger partial charge in [0, 0.05) is 23.7 Å². The molecular formula is C18H25NO3. The number of Topliss-reactive ketones (excluding diaryl/α,β-unsaturated/α-hetero) is 1. The van der Waals surface area contributed by atoms with Crippen molar-refractivity contribution in [1.29, 1.82) is 0 Å². The number of ether oxygens (including phenoxy) is 1. The first kappa shape index (κ1) is 16.5. The molecule has 1 aromatic rings. The second kappa shape index (κ2) is 6.95. The summed E-state index contributed by atoms with van der Waals surface area (Å²) in [5.74, 6) is 0.226. The van der Waals surface area contributed by atoms with Gasteiger partial charge >= 0.3 is 5.97 Å². The van der Waals surface area contributed by atoms with Gasteiger partial charge < -0.3 is 10.1 Å². The number of hydrogen-bond donors (Lipinski definition) is 1. The molecule has 2 rings (SSSR count). The van der Waals surface area contributed by atoms with Crippen LogP contribution < -0.4 is 5.32 Å². The van der Waals surface area contributed by atoms with Gasteiger partial charge in [-0.2, -0.15) is 0 Å². The molecule has 0 bridgehead atoms. The maximum absolute atomic E-state index is 12.3. The molecule has 1 aliphatic carbocycles. The summed E-state index contributed by atoms with van der Waals surface area (Å²) in [6.45, 7) is 7.14. The van der Waals surface area contributed by atoms with E-state index in [0.29, 0.717) is 25.0 Å². The fourth-order valence-corrected chi connectivity index (χ4v) is 2.99. The number of rotatable bonds is 7. The summed E-state index contributed by atoms with van der Waals surface area (Å²) in [5, 5.41) is 3.16. The Morgan fingerprint density at radius 1 is 1.23 bits per heavy atom. The Labute approximate surface area is 132 Å². The van der Waals surface area contributed by atoms with E-state index in [9.17, 15) is 9.59 Å². The van der Waals surface area contributed by atoms with Gasteiger partial charge in [-0.15, -0.1) is 0 Å². The Hall–Kier alpha value is -1.84. The van der Waals surface area contributed by atoms with E-state index in [1.807, 2.05) is 24.3 Å². The monoisotopic (exact) mass is 303 g/mol. The molecule has 0 heterocycles. The summed E-state index contributed by atoms with van der Waals surface area (Å²) in [6.07, 6.45) is 2.29. The van der Waals surface area contributed by atoms with Gasteiger partial charge in [0.15, 0.2) is 5.78 Å². The number of esters is 1. The van der Waals surface area contributed by atoms with E-state index in [0.717, 1.165) is 24.1 Å². The van der Waals surface area contributed by atoms with Crippen LogP contribution in [0.25, 0.3) is 0 Å². The predicted molar refractivity (Wildman–Crippen MR) is 87.0 cm³/mol. The molecule has 1 aromatic carbocycles. The van der Waals surface area contributed by atoms with Gasteiger partial charge in [-0.05, 0) is 49.4 Å². The highest BCUT2D eigenvalue weighted by molar-refractivity contribution is 5.98. The summed E-state index contributed by atoms with van der Waals surface area (Å²) < 4.78 is 4.87. The van der Waals surface area contributed by atoms with Gasteiger partial charge in [0.1, 0.15) is 0 Å². The molecule has 0 spiro atoms. The molecule has 0 saturated heterocycles. The number of benzene rings is 1. The summed E-state index contributed by atoms with van der Waals surface area (Å²) in [5.41, 5.74) is 2.00. The third-order valence-electron chi connectivity index (χ3n) is 4.10. The van der Waals surface area contributed by atoms with Crippen LogP contribution in [-0.2, 0) is 9.53 Å². The van der Waals surface area contributed by atoms with Crippen LogP contribution in [0.4, 0.5) is 5.69 Å². The first-order valence-corrected chi connectivity index (χ1v) is 7.95. The molecule has 0 amide bonds. The molecule has 1 N–H and O–H groups in total. The Balaban J connectivity index is 1.80. The Bertz CT molecular complexity index is 526. The normalized spacial score (nSPS) is 16.7. The van der Waals surface area contributed by atoms with E-state index in [-0.39, 0.29) is 17.7 Å². The zero-order valence-electron chi connectivity index (χ0n) is 13.6. The largest absolute Gasteiger partial charge is 0.466 e. The average molecular weight is 303 g/mol. The van der Waals surface area contributed by atoms with Crippen molar-refractivity contribution in [2.24, 2.45) is 11.3 Å². The Kier molecular flexibility index (Phi) is 5.22. The molecule has 1 saturated carbocycles. The number of anilines is 1. The zero-order chi connectivity index (χ0) is 16.2. The van der Waals surface area contributed by atoms with Gasteiger partial charge in [0.05, 0.1) is 13.0 Å². The molecule has 0 atom stereocenters. The topological polar surface area (TPSA) is 55.4 Å². The lowest BCUT2D eigenvalue weighted by Gasteiger charge is -2.41. The van der Waals surface area contributed by atoms with E-state index in [2.05, 4.69) is 19.2 Å². The molecule has 4 nitrogen and oxygen atoms in total. The summed E-state index contributed by atoms with van der Waals surface area (Å²) >= 11 is 0. The second-order valence-corrected chi connectivity index (χ2v) is 6.69. The van der Waals surface area contributed by atoms with Crippen LogP contribution in [-0.4, -0.2) is 24.9 Å². The van der Waals surface area contributed by atoms with Crippen molar-refractivity contribution in [3.63, 3.8) is 0 Å². The molecule has 0 aromatic heterocycles. The van der Waals surface area contributed by atoms with Gasteiger partial charge in [-0.25, -0.2) is 0 Å². The highest BCUT2D eigenvalue weighted by atomic mass is 16.5. The molecular weight excluding hydrogens is 278 g/mol. The highest BCUT2D eigenvalue weighted by Crippen LogP contribution is 2.46. The maximum atomic E-state index is 12.3. The van der Waals surface area contributed by atoms with Gasteiger partial charge in [0.2, 0.25) is 0 Å². The first-order valence-electron chi connectivity index (χ1n) is 7.95. The molecule has 1 fully saturated rings. The molecule has 22 heavy (non-hydrogen) atoms. The van der Waals surface area contributed by atoms with Crippen LogP contribution in [0.2, 0.25) is 0 Å². The summed E-state index contributed by atoms with van der Waals surface area (Å²) in [4.78, 5) is 23.6. The minimum Gasteiger partial charge on any atom is -0.466 e. The fraction of sp³-hybridized carbons (Fsp3) is 0.556. The van der Waals surface area contributed by atoms with Crippen molar-refractivity contribution in [2.75, 3.05) is 18.5 Å². The van der Waals surface area contributed by atoms with E-state index in [4.69, 9.17) is 4.74 Å². The van der Waals surface area contributed by atoms with Crippen molar-refractivity contribution in [3.05, 3.63) is 29.8 Å². The molecule has 0 radical (unpaired) electrons. The first-order chi connectivity index (χ1) is 10.4. The van der Waals surface area contributed by atoms with Crippen LogP contribution in [0.3, 0.4) is 0 Å². The molecule has 1 aliphatic rings. The van der Waals surface area contributed by atoms with E-state index >= 15 is 0 Å². The number of hydrogen-bond acceptors (Lipinski definition) is 4. The molecule has 4 heteroatoms. The summed E-state index contributed by atoms with van der Waals surface area (Å²) in [6, 6.07) is 7.51.